The van der Waals surface area contributed by atoms with Crippen LogP contribution in [0.25, 0.3) is 0 Å². The van der Waals surface area contributed by atoms with Crippen molar-refractivity contribution in [2.24, 2.45) is 5.92 Å². The molecule has 4 nitrogen and oxygen atoms in total. The minimum absolute atomic E-state index is 0. The summed E-state index contributed by atoms with van der Waals surface area (Å²) in [7, 11) is 2.01. The first-order chi connectivity index (χ1) is 9.20. The van der Waals surface area contributed by atoms with Crippen molar-refractivity contribution in [2.75, 3.05) is 39.8 Å². The van der Waals surface area contributed by atoms with Gasteiger partial charge in [0.15, 0.2) is 0 Å². The quantitative estimate of drug-likeness (QED) is 0.852. The molecule has 0 unspecified atom stereocenters. The summed E-state index contributed by atoms with van der Waals surface area (Å²) in [5, 5.41) is 3.36. The number of halogens is 2. The highest BCUT2D eigenvalue weighted by atomic mass is 35.5. The molecule has 0 aliphatic carbocycles. The van der Waals surface area contributed by atoms with Gasteiger partial charge in [0, 0.05) is 32.6 Å². The van der Waals surface area contributed by atoms with Crippen LogP contribution in [-0.4, -0.2) is 61.5 Å². The highest BCUT2D eigenvalue weighted by Gasteiger charge is 2.26. The van der Waals surface area contributed by atoms with E-state index in [9.17, 15) is 4.79 Å². The molecule has 0 aromatic carbocycles. The van der Waals surface area contributed by atoms with Gasteiger partial charge < -0.3 is 15.1 Å². The van der Waals surface area contributed by atoms with Crippen molar-refractivity contribution >= 4 is 30.7 Å². The number of likely N-dealkylation sites (tertiary alicyclic amines) is 1. The van der Waals surface area contributed by atoms with Crippen molar-refractivity contribution in [3.8, 4) is 0 Å². The minimum atomic E-state index is 0. The van der Waals surface area contributed by atoms with Gasteiger partial charge >= 0.3 is 0 Å². The van der Waals surface area contributed by atoms with Gasteiger partial charge in [-0.15, -0.1) is 24.8 Å². The molecule has 2 saturated heterocycles. The lowest BCUT2D eigenvalue weighted by Gasteiger charge is -2.37. The summed E-state index contributed by atoms with van der Waals surface area (Å²) in [5.41, 5.74) is 0. The molecular formula is C15H31Cl2N3O. The Kier molecular flexibility index (Phi) is 10.6. The monoisotopic (exact) mass is 339 g/mol. The summed E-state index contributed by atoms with van der Waals surface area (Å²) in [6, 6.07) is 0.469. The molecule has 126 valence electrons. The third kappa shape index (κ3) is 6.31. The van der Waals surface area contributed by atoms with E-state index in [0.29, 0.717) is 17.9 Å². The lowest BCUT2D eigenvalue weighted by atomic mass is 9.93. The average molecular weight is 340 g/mol. The first kappa shape index (κ1) is 21.0. The molecule has 0 aromatic rings. The van der Waals surface area contributed by atoms with Crippen molar-refractivity contribution < 1.29 is 4.79 Å². The van der Waals surface area contributed by atoms with Crippen molar-refractivity contribution in [1.29, 1.82) is 0 Å². The summed E-state index contributed by atoms with van der Waals surface area (Å²) < 4.78 is 0. The Labute approximate surface area is 141 Å². The smallest absolute Gasteiger partial charge is 0.222 e. The van der Waals surface area contributed by atoms with Crippen molar-refractivity contribution in [2.45, 2.75) is 45.1 Å². The molecule has 1 N–H and O–H groups in total. The number of hydrogen-bond donors (Lipinski definition) is 1. The van der Waals surface area contributed by atoms with E-state index in [1.807, 2.05) is 11.9 Å². The molecular weight excluding hydrogens is 309 g/mol. The van der Waals surface area contributed by atoms with Gasteiger partial charge in [-0.05, 0) is 51.2 Å². The van der Waals surface area contributed by atoms with Crippen LogP contribution >= 0.6 is 24.8 Å². The summed E-state index contributed by atoms with van der Waals surface area (Å²) in [5.74, 6) is 0.966. The number of carbonyl (C=O) groups excluding carboxylic acids is 1. The lowest BCUT2D eigenvalue weighted by Crippen LogP contribution is -2.46. The topological polar surface area (TPSA) is 35.6 Å². The molecule has 0 bridgehead atoms. The van der Waals surface area contributed by atoms with Crippen molar-refractivity contribution in [1.82, 2.24) is 15.1 Å². The number of amides is 1. The van der Waals surface area contributed by atoms with Crippen LogP contribution < -0.4 is 5.32 Å². The van der Waals surface area contributed by atoms with Crippen LogP contribution in [0.4, 0.5) is 0 Å². The molecule has 2 fully saturated rings. The number of nitrogens with zero attached hydrogens (tertiary/aromatic N) is 2. The Hall–Kier alpha value is -0.0300. The molecule has 2 aliphatic heterocycles. The van der Waals surface area contributed by atoms with E-state index >= 15 is 0 Å². The molecule has 6 heteroatoms. The van der Waals surface area contributed by atoms with Gasteiger partial charge in [-0.2, -0.15) is 0 Å². The van der Waals surface area contributed by atoms with E-state index in [1.54, 1.807) is 0 Å². The number of rotatable bonds is 4. The van der Waals surface area contributed by atoms with Crippen LogP contribution in [0.15, 0.2) is 0 Å². The molecule has 2 rings (SSSR count). The Morgan fingerprint density at radius 3 is 2.24 bits per heavy atom. The first-order valence-electron chi connectivity index (χ1n) is 7.89. The largest absolute Gasteiger partial charge is 0.343 e. The number of piperidine rings is 2. The van der Waals surface area contributed by atoms with Gasteiger partial charge in [0.1, 0.15) is 0 Å². The maximum Gasteiger partial charge on any atom is 0.222 e. The zero-order chi connectivity index (χ0) is 13.7. The van der Waals surface area contributed by atoms with Crippen molar-refractivity contribution in [3.05, 3.63) is 0 Å². The van der Waals surface area contributed by atoms with Crippen LogP contribution in [0.5, 0.6) is 0 Å². The van der Waals surface area contributed by atoms with Gasteiger partial charge in [0.2, 0.25) is 5.91 Å². The molecule has 2 heterocycles. The number of carbonyl (C=O) groups is 1. The molecule has 1 amide bonds. The average Bonchev–Trinajstić information content (AvgIpc) is 2.47. The van der Waals surface area contributed by atoms with Gasteiger partial charge in [-0.3, -0.25) is 4.79 Å². The fourth-order valence-electron chi connectivity index (χ4n) is 3.30. The summed E-state index contributed by atoms with van der Waals surface area (Å²) in [6.45, 7) is 7.80. The predicted molar refractivity (Wildman–Crippen MR) is 92.6 cm³/mol. The molecule has 0 radical (unpaired) electrons. The Morgan fingerprint density at radius 2 is 1.71 bits per heavy atom. The molecule has 0 saturated carbocycles. The second kappa shape index (κ2) is 10.7. The van der Waals surface area contributed by atoms with Crippen LogP contribution in [0, 0.1) is 5.92 Å². The second-order valence-corrected chi connectivity index (χ2v) is 6.07. The third-order valence-corrected chi connectivity index (χ3v) is 4.87. The van der Waals surface area contributed by atoms with Crippen LogP contribution in [0.1, 0.15) is 39.0 Å². The zero-order valence-electron chi connectivity index (χ0n) is 13.3. The zero-order valence-corrected chi connectivity index (χ0v) is 15.0. The van der Waals surface area contributed by atoms with Gasteiger partial charge in [0.05, 0.1) is 0 Å². The van der Waals surface area contributed by atoms with E-state index < -0.39 is 0 Å². The van der Waals surface area contributed by atoms with Gasteiger partial charge in [-0.1, -0.05) is 6.92 Å². The number of nitrogens with one attached hydrogen (secondary N) is 1. The van der Waals surface area contributed by atoms with Gasteiger partial charge in [0.25, 0.3) is 0 Å². The Balaban J connectivity index is 0.00000200. The van der Waals surface area contributed by atoms with Crippen LogP contribution in [0.3, 0.4) is 0 Å². The molecule has 0 aromatic heterocycles. The summed E-state index contributed by atoms with van der Waals surface area (Å²) in [4.78, 5) is 16.9. The Morgan fingerprint density at radius 1 is 1.14 bits per heavy atom. The van der Waals surface area contributed by atoms with E-state index in [-0.39, 0.29) is 24.8 Å². The third-order valence-electron chi connectivity index (χ3n) is 4.87. The van der Waals surface area contributed by atoms with E-state index in [0.717, 1.165) is 64.8 Å². The van der Waals surface area contributed by atoms with Crippen LogP contribution in [0.2, 0.25) is 0 Å². The van der Waals surface area contributed by atoms with Gasteiger partial charge in [-0.25, -0.2) is 0 Å². The number of hydrogen-bond acceptors (Lipinski definition) is 3. The highest BCUT2D eigenvalue weighted by Crippen LogP contribution is 2.20. The fourth-order valence-corrected chi connectivity index (χ4v) is 3.30. The maximum absolute atomic E-state index is 12.4. The summed E-state index contributed by atoms with van der Waals surface area (Å²) >= 11 is 0. The molecule has 0 atom stereocenters. The normalized spacial score (nSPS) is 21.2. The van der Waals surface area contributed by atoms with E-state index in [1.165, 1.54) is 0 Å². The molecule has 0 spiro atoms. The summed E-state index contributed by atoms with van der Waals surface area (Å²) in [6.07, 6.45) is 5.36. The lowest BCUT2D eigenvalue weighted by molar-refractivity contribution is -0.134. The fraction of sp³-hybridized carbons (Fsp3) is 0.933. The molecule has 2 aliphatic rings. The highest BCUT2D eigenvalue weighted by molar-refractivity contribution is 5.85. The van der Waals surface area contributed by atoms with Crippen molar-refractivity contribution in [3.63, 3.8) is 0 Å². The van der Waals surface area contributed by atoms with E-state index in [4.69, 9.17) is 0 Å². The first-order valence-corrected chi connectivity index (χ1v) is 7.89. The van der Waals surface area contributed by atoms with Crippen LogP contribution in [-0.2, 0) is 4.79 Å². The predicted octanol–water partition coefficient (Wildman–Crippen LogP) is 2.16. The Bertz CT molecular complexity index is 291. The maximum atomic E-state index is 12.4. The minimum Gasteiger partial charge on any atom is -0.343 e. The standard InChI is InChI=1S/C15H29N3O.2ClH/c1-3-18-10-6-14(7-11-18)17(2)15(19)12-13-4-8-16-9-5-13;;/h13-14,16H,3-12H2,1-2H3;2*1H. The van der Waals surface area contributed by atoms with E-state index in [2.05, 4.69) is 17.1 Å². The molecule has 21 heavy (non-hydrogen) atoms. The SMILES string of the molecule is CCN1CCC(N(C)C(=O)CC2CCNCC2)CC1.Cl.Cl. The second-order valence-electron chi connectivity index (χ2n) is 6.07.